The van der Waals surface area contributed by atoms with Crippen molar-refractivity contribution < 1.29 is 24.2 Å². The monoisotopic (exact) mass is 508 g/mol. The number of rotatable bonds is 10. The summed E-state index contributed by atoms with van der Waals surface area (Å²) in [5, 5.41) is 12.4. The highest BCUT2D eigenvalue weighted by molar-refractivity contribution is 8.02. The normalized spacial score (nSPS) is 31.6. The molecular weight excluding hydrogens is 476 g/mol. The molecule has 9 heteroatoms. The van der Waals surface area contributed by atoms with Gasteiger partial charge in [-0.1, -0.05) is 36.6 Å². The second-order valence-corrected chi connectivity index (χ2v) is 11.9. The summed E-state index contributed by atoms with van der Waals surface area (Å²) in [6.07, 6.45) is 4.62. The Balaban J connectivity index is 1.66. The fourth-order valence-corrected chi connectivity index (χ4v) is 8.60. The van der Waals surface area contributed by atoms with Crippen LogP contribution in [0.15, 0.2) is 24.3 Å². The molecule has 2 amide bonds. The Morgan fingerprint density at radius 1 is 1.24 bits per heavy atom. The number of unbranched alkanes of at least 4 members (excludes halogenated alkanes) is 3. The number of thioether (sulfide) groups is 1. The molecule has 3 heterocycles. The zero-order chi connectivity index (χ0) is 24.5. The number of hydrogen-bond acceptors (Lipinski definition) is 6. The fourth-order valence-electron chi connectivity index (χ4n) is 6.07. The predicted molar refractivity (Wildman–Crippen MR) is 133 cm³/mol. The van der Waals surface area contributed by atoms with E-state index in [0.29, 0.717) is 23.7 Å². The van der Waals surface area contributed by atoms with Crippen LogP contribution in [0.2, 0.25) is 5.02 Å². The van der Waals surface area contributed by atoms with Crippen LogP contribution < -0.4 is 5.32 Å². The van der Waals surface area contributed by atoms with Crippen LogP contribution in [-0.4, -0.2) is 63.1 Å². The number of nitrogens with zero attached hydrogens (tertiary/aromatic N) is 1. The van der Waals surface area contributed by atoms with Crippen molar-refractivity contribution in [1.82, 2.24) is 4.90 Å². The van der Waals surface area contributed by atoms with Gasteiger partial charge in [-0.3, -0.25) is 14.4 Å². The van der Waals surface area contributed by atoms with Crippen molar-refractivity contribution in [2.75, 3.05) is 25.1 Å². The molecule has 0 saturated carbocycles. The summed E-state index contributed by atoms with van der Waals surface area (Å²) in [6, 6.07) is 6.36. The Morgan fingerprint density at radius 2 is 1.97 bits per heavy atom. The second kappa shape index (κ2) is 10.1. The minimum Gasteiger partial charge on any atom is -0.466 e. The number of esters is 1. The van der Waals surface area contributed by atoms with Crippen LogP contribution in [0.1, 0.15) is 52.4 Å². The average molecular weight is 509 g/mol. The van der Waals surface area contributed by atoms with Crippen LogP contribution in [0.4, 0.5) is 5.69 Å². The first kappa shape index (κ1) is 25.3. The molecule has 1 aromatic carbocycles. The molecule has 0 aromatic heterocycles. The third-order valence-corrected chi connectivity index (χ3v) is 9.82. The van der Waals surface area contributed by atoms with Gasteiger partial charge in [0.1, 0.15) is 6.04 Å². The zero-order valence-electron chi connectivity index (χ0n) is 19.7. The van der Waals surface area contributed by atoms with Crippen molar-refractivity contribution in [2.45, 2.75) is 67.9 Å². The van der Waals surface area contributed by atoms with Gasteiger partial charge in [0.15, 0.2) is 0 Å². The molecule has 0 aliphatic carbocycles. The Bertz CT molecular complexity index is 961. The van der Waals surface area contributed by atoms with Crippen LogP contribution in [0.5, 0.6) is 0 Å². The summed E-state index contributed by atoms with van der Waals surface area (Å²) >= 11 is 7.93. The molecule has 186 valence electrons. The van der Waals surface area contributed by atoms with Crippen molar-refractivity contribution in [2.24, 2.45) is 11.8 Å². The third kappa shape index (κ3) is 4.22. The van der Waals surface area contributed by atoms with E-state index < -0.39 is 27.4 Å². The Labute approximate surface area is 209 Å². The van der Waals surface area contributed by atoms with Gasteiger partial charge in [-0.25, -0.2) is 0 Å². The molecular formula is C25H33ClN2O5S. The van der Waals surface area contributed by atoms with E-state index in [1.807, 2.05) is 6.92 Å². The van der Waals surface area contributed by atoms with Gasteiger partial charge < -0.3 is 20.1 Å². The standard InChI is InChI=1S/C25H33ClN2O5S/c1-3-33-23(32)19-18-22(31)28(14-8-4-5-9-15-29)20(25(18)13-12-24(19,2)34-25)21(30)27-17-11-7-6-10-16(17)26/h6-7,10-11,18-20,29H,3-5,8-9,12-15H2,1-2H3,(H,27,30)/t18-,19+,20?,24-,25?/m0/s1. The number of aliphatic hydroxyl groups excluding tert-OH is 1. The lowest BCUT2D eigenvalue weighted by Gasteiger charge is -2.34. The van der Waals surface area contributed by atoms with Crippen LogP contribution in [0, 0.1) is 11.8 Å². The maximum absolute atomic E-state index is 13.8. The number of aliphatic hydroxyl groups is 1. The molecule has 1 aromatic rings. The number of nitrogens with one attached hydrogen (secondary N) is 1. The number of amides is 2. The number of halogens is 1. The number of ether oxygens (including phenoxy) is 1. The average Bonchev–Trinajstić information content (AvgIpc) is 3.36. The van der Waals surface area contributed by atoms with Gasteiger partial charge in [0.25, 0.3) is 0 Å². The Morgan fingerprint density at radius 3 is 2.68 bits per heavy atom. The van der Waals surface area contributed by atoms with E-state index in [1.54, 1.807) is 47.9 Å². The lowest BCUT2D eigenvalue weighted by atomic mass is 9.66. The van der Waals surface area contributed by atoms with Gasteiger partial charge in [-0.05, 0) is 51.7 Å². The SMILES string of the molecule is CCOC(=O)[C@H]1[C@H]2C(=O)N(CCCCCCO)C(C(=O)Nc3ccccc3Cl)C23CC[C@]1(C)S3. The summed E-state index contributed by atoms with van der Waals surface area (Å²) in [5.41, 5.74) is 0.509. The lowest BCUT2D eigenvalue weighted by molar-refractivity contribution is -0.155. The molecule has 7 nitrogen and oxygen atoms in total. The molecule has 2 N–H and O–H groups in total. The minimum absolute atomic E-state index is 0.129. The first-order valence-electron chi connectivity index (χ1n) is 12.1. The van der Waals surface area contributed by atoms with Gasteiger partial charge in [-0.15, -0.1) is 11.8 Å². The molecule has 34 heavy (non-hydrogen) atoms. The fraction of sp³-hybridized carbons (Fsp3) is 0.640. The highest BCUT2D eigenvalue weighted by Gasteiger charge is 2.77. The third-order valence-electron chi connectivity index (χ3n) is 7.50. The molecule has 3 aliphatic rings. The number of likely N-dealkylation sites (tertiary alicyclic amines) is 1. The summed E-state index contributed by atoms with van der Waals surface area (Å²) < 4.78 is 4.31. The second-order valence-electron chi connectivity index (χ2n) is 9.62. The highest BCUT2D eigenvalue weighted by atomic mass is 35.5. The van der Waals surface area contributed by atoms with Crippen LogP contribution >= 0.6 is 23.4 Å². The van der Waals surface area contributed by atoms with E-state index in [4.69, 9.17) is 21.4 Å². The largest absolute Gasteiger partial charge is 0.466 e. The van der Waals surface area contributed by atoms with Crippen LogP contribution in [-0.2, 0) is 19.1 Å². The molecule has 0 radical (unpaired) electrons. The van der Waals surface area contributed by atoms with Crippen molar-refractivity contribution in [3.8, 4) is 0 Å². The molecule has 3 fully saturated rings. The van der Waals surface area contributed by atoms with Crippen LogP contribution in [0.25, 0.3) is 0 Å². The van der Waals surface area contributed by atoms with E-state index in [-0.39, 0.29) is 31.0 Å². The number of hydrogen-bond donors (Lipinski definition) is 2. The van der Waals surface area contributed by atoms with Gasteiger partial charge in [0.2, 0.25) is 11.8 Å². The van der Waals surface area contributed by atoms with E-state index >= 15 is 0 Å². The highest BCUT2D eigenvalue weighted by Crippen LogP contribution is 2.71. The quantitative estimate of drug-likeness (QED) is 0.368. The number of para-hydroxylation sites is 1. The van der Waals surface area contributed by atoms with E-state index in [9.17, 15) is 14.4 Å². The van der Waals surface area contributed by atoms with Crippen molar-refractivity contribution in [3.05, 3.63) is 29.3 Å². The topological polar surface area (TPSA) is 95.9 Å². The Kier molecular flexibility index (Phi) is 7.50. The number of anilines is 1. The molecule has 3 aliphatic heterocycles. The molecule has 3 saturated heterocycles. The van der Waals surface area contributed by atoms with Gasteiger partial charge in [0.05, 0.1) is 33.9 Å². The van der Waals surface area contributed by atoms with Crippen LogP contribution in [0.3, 0.4) is 0 Å². The first-order valence-corrected chi connectivity index (χ1v) is 13.3. The molecule has 2 bridgehead atoms. The van der Waals surface area contributed by atoms with Gasteiger partial charge >= 0.3 is 5.97 Å². The smallest absolute Gasteiger partial charge is 0.311 e. The predicted octanol–water partition coefficient (Wildman–Crippen LogP) is 3.88. The van der Waals surface area contributed by atoms with Crippen molar-refractivity contribution >= 4 is 46.8 Å². The summed E-state index contributed by atoms with van der Waals surface area (Å²) in [5.74, 6) is -1.87. The zero-order valence-corrected chi connectivity index (χ0v) is 21.3. The molecule has 2 unspecified atom stereocenters. The number of carbonyl (C=O) groups is 3. The minimum atomic E-state index is -0.689. The van der Waals surface area contributed by atoms with Crippen molar-refractivity contribution in [1.29, 1.82) is 0 Å². The summed E-state index contributed by atoms with van der Waals surface area (Å²) in [6.45, 7) is 4.64. The summed E-state index contributed by atoms with van der Waals surface area (Å²) in [4.78, 5) is 42.3. The van der Waals surface area contributed by atoms with Gasteiger partial charge in [-0.2, -0.15) is 0 Å². The maximum Gasteiger partial charge on any atom is 0.311 e. The number of carbonyl (C=O) groups excluding carboxylic acids is 3. The van der Waals surface area contributed by atoms with E-state index in [2.05, 4.69) is 5.32 Å². The van der Waals surface area contributed by atoms with Gasteiger partial charge in [0, 0.05) is 17.9 Å². The van der Waals surface area contributed by atoms with E-state index in [1.165, 1.54) is 0 Å². The Hall–Kier alpha value is -1.77. The molecule has 5 atom stereocenters. The van der Waals surface area contributed by atoms with E-state index in [0.717, 1.165) is 32.1 Å². The van der Waals surface area contributed by atoms with Crippen molar-refractivity contribution in [3.63, 3.8) is 0 Å². The molecule has 1 spiro atoms. The summed E-state index contributed by atoms with van der Waals surface area (Å²) in [7, 11) is 0. The first-order chi connectivity index (χ1) is 16.3. The lowest BCUT2D eigenvalue weighted by Crippen LogP contribution is -2.51. The molecule has 4 rings (SSSR count). The number of benzene rings is 1. The number of fused-ring (bicyclic) bond motifs is 1. The maximum atomic E-state index is 13.8.